The molecule has 1 spiro atoms. The van der Waals surface area contributed by atoms with Gasteiger partial charge in [0.25, 0.3) is 0 Å². The van der Waals surface area contributed by atoms with Crippen molar-refractivity contribution in [2.24, 2.45) is 5.73 Å². The first-order valence-corrected chi connectivity index (χ1v) is 9.67. The van der Waals surface area contributed by atoms with Gasteiger partial charge in [0.1, 0.15) is 11.4 Å². The van der Waals surface area contributed by atoms with Crippen LogP contribution in [0, 0.1) is 0 Å². The van der Waals surface area contributed by atoms with Gasteiger partial charge in [0.2, 0.25) is 5.91 Å². The number of nitrogens with one attached hydrogen (secondary N) is 1. The summed E-state index contributed by atoms with van der Waals surface area (Å²) in [5, 5.41) is 3.42. The van der Waals surface area contributed by atoms with Crippen LogP contribution in [-0.2, 0) is 4.79 Å². The van der Waals surface area contributed by atoms with E-state index >= 15 is 0 Å². The van der Waals surface area contributed by atoms with Gasteiger partial charge in [-0.1, -0.05) is 18.2 Å². The van der Waals surface area contributed by atoms with Crippen LogP contribution in [0.15, 0.2) is 24.3 Å². The Labute approximate surface area is 149 Å². The van der Waals surface area contributed by atoms with Crippen LogP contribution in [0.25, 0.3) is 0 Å². The Balaban J connectivity index is 1.53. The molecule has 4 rings (SSSR count). The number of hydrogen-bond donors (Lipinski definition) is 2. The fourth-order valence-corrected chi connectivity index (χ4v) is 4.69. The molecule has 1 aromatic carbocycles. The van der Waals surface area contributed by atoms with Crippen LogP contribution in [0.5, 0.6) is 5.75 Å². The molecule has 3 N–H and O–H groups in total. The lowest BCUT2D eigenvalue weighted by Gasteiger charge is -2.45. The number of likely N-dealkylation sites (tertiary alicyclic amines) is 1. The summed E-state index contributed by atoms with van der Waals surface area (Å²) in [6.45, 7) is 3.54. The Kier molecular flexibility index (Phi) is 4.69. The normalized spacial score (nSPS) is 28.3. The number of carbonyl (C=O) groups is 1. The number of fused-ring (bicyclic) bond motifs is 1. The van der Waals surface area contributed by atoms with Crippen LogP contribution in [0.2, 0.25) is 0 Å². The highest BCUT2D eigenvalue weighted by Crippen LogP contribution is 2.46. The Hall–Kier alpha value is -1.59. The van der Waals surface area contributed by atoms with Gasteiger partial charge >= 0.3 is 0 Å². The summed E-state index contributed by atoms with van der Waals surface area (Å²) in [5.74, 6) is 1.47. The summed E-state index contributed by atoms with van der Waals surface area (Å²) < 4.78 is 6.45. The van der Waals surface area contributed by atoms with E-state index in [1.54, 1.807) is 0 Å². The molecule has 136 valence electrons. The molecule has 2 atom stereocenters. The summed E-state index contributed by atoms with van der Waals surface area (Å²) >= 11 is 0. The van der Waals surface area contributed by atoms with Gasteiger partial charge in [-0.05, 0) is 56.8 Å². The highest BCUT2D eigenvalue weighted by Gasteiger charge is 2.42. The molecule has 3 aliphatic rings. The van der Waals surface area contributed by atoms with E-state index in [2.05, 4.69) is 23.5 Å². The Morgan fingerprint density at radius 1 is 1.32 bits per heavy atom. The molecule has 1 amide bonds. The molecule has 0 unspecified atom stereocenters. The number of hydrogen-bond acceptors (Lipinski definition) is 4. The minimum absolute atomic E-state index is 0.108. The van der Waals surface area contributed by atoms with E-state index in [1.165, 1.54) is 5.56 Å². The first-order valence-electron chi connectivity index (χ1n) is 9.67. The van der Waals surface area contributed by atoms with Crippen molar-refractivity contribution in [2.75, 3.05) is 26.2 Å². The lowest BCUT2D eigenvalue weighted by Crippen LogP contribution is -2.50. The molecule has 0 aromatic heterocycles. The van der Waals surface area contributed by atoms with Gasteiger partial charge in [-0.3, -0.25) is 4.79 Å². The van der Waals surface area contributed by atoms with Crippen molar-refractivity contribution < 1.29 is 9.53 Å². The Morgan fingerprint density at radius 2 is 2.12 bits per heavy atom. The summed E-state index contributed by atoms with van der Waals surface area (Å²) in [4.78, 5) is 14.9. The standard InChI is InChI=1S/C20H29N3O2/c21-16-4-3-11-23(14-16)19(24)12-15-13-20(7-9-22-10-8-20)25-18-6-2-1-5-17(15)18/h1-2,5-6,15-16,22H,3-4,7-14,21H2/t15-,16+/m0/s1. The van der Waals surface area contributed by atoms with Crippen molar-refractivity contribution in [3.63, 3.8) is 0 Å². The number of benzene rings is 1. The third-order valence-electron chi connectivity index (χ3n) is 6.05. The smallest absolute Gasteiger partial charge is 0.223 e. The molecule has 3 heterocycles. The first kappa shape index (κ1) is 16.9. The van der Waals surface area contributed by atoms with E-state index in [4.69, 9.17) is 10.5 Å². The molecule has 5 heteroatoms. The molecule has 0 saturated carbocycles. The second kappa shape index (κ2) is 6.96. The minimum Gasteiger partial charge on any atom is -0.487 e. The molecule has 25 heavy (non-hydrogen) atoms. The third-order valence-corrected chi connectivity index (χ3v) is 6.05. The predicted molar refractivity (Wildman–Crippen MR) is 97.7 cm³/mol. The quantitative estimate of drug-likeness (QED) is 0.862. The van der Waals surface area contributed by atoms with Crippen LogP contribution in [0.4, 0.5) is 0 Å². The lowest BCUT2D eigenvalue weighted by atomic mass is 9.76. The van der Waals surface area contributed by atoms with Crippen LogP contribution >= 0.6 is 0 Å². The number of piperidine rings is 2. The lowest BCUT2D eigenvalue weighted by molar-refractivity contribution is -0.133. The monoisotopic (exact) mass is 343 g/mol. The van der Waals surface area contributed by atoms with Crippen molar-refractivity contribution in [3.8, 4) is 5.75 Å². The highest BCUT2D eigenvalue weighted by atomic mass is 16.5. The summed E-state index contributed by atoms with van der Waals surface area (Å²) in [5.41, 5.74) is 7.15. The average molecular weight is 343 g/mol. The van der Waals surface area contributed by atoms with Gasteiger partial charge < -0.3 is 20.7 Å². The van der Waals surface area contributed by atoms with E-state index in [9.17, 15) is 4.79 Å². The molecule has 0 radical (unpaired) electrons. The van der Waals surface area contributed by atoms with E-state index < -0.39 is 0 Å². The van der Waals surface area contributed by atoms with Crippen molar-refractivity contribution in [1.29, 1.82) is 0 Å². The molecular formula is C20H29N3O2. The van der Waals surface area contributed by atoms with E-state index in [0.29, 0.717) is 13.0 Å². The fourth-order valence-electron chi connectivity index (χ4n) is 4.69. The summed E-state index contributed by atoms with van der Waals surface area (Å²) in [6, 6.07) is 8.41. The minimum atomic E-state index is -0.108. The van der Waals surface area contributed by atoms with Crippen molar-refractivity contribution in [2.45, 2.75) is 56.1 Å². The highest BCUT2D eigenvalue weighted by molar-refractivity contribution is 5.77. The van der Waals surface area contributed by atoms with Gasteiger partial charge in [-0.25, -0.2) is 0 Å². The molecule has 3 aliphatic heterocycles. The number of amides is 1. The maximum absolute atomic E-state index is 12.9. The largest absolute Gasteiger partial charge is 0.487 e. The zero-order valence-electron chi connectivity index (χ0n) is 14.9. The first-order chi connectivity index (χ1) is 12.2. The Bertz CT molecular complexity index is 627. The number of para-hydroxylation sites is 1. The molecule has 0 aliphatic carbocycles. The van der Waals surface area contributed by atoms with Crippen molar-refractivity contribution in [1.82, 2.24) is 10.2 Å². The Morgan fingerprint density at radius 3 is 2.92 bits per heavy atom. The number of nitrogens with zero attached hydrogens (tertiary/aromatic N) is 1. The van der Waals surface area contributed by atoms with Crippen molar-refractivity contribution >= 4 is 5.91 Å². The fraction of sp³-hybridized carbons (Fsp3) is 0.650. The van der Waals surface area contributed by atoms with Crippen molar-refractivity contribution in [3.05, 3.63) is 29.8 Å². The third kappa shape index (κ3) is 3.53. The van der Waals surface area contributed by atoms with Gasteiger partial charge in [0, 0.05) is 31.5 Å². The number of nitrogens with two attached hydrogens (primary N) is 1. The SMILES string of the molecule is N[C@@H]1CCCN(C(=O)C[C@H]2CC3(CCNCC3)Oc3ccccc32)C1. The second-order valence-corrected chi connectivity index (χ2v) is 7.92. The van der Waals surface area contributed by atoms with E-state index in [0.717, 1.165) is 57.5 Å². The zero-order chi connectivity index (χ0) is 17.3. The maximum Gasteiger partial charge on any atom is 0.223 e. The zero-order valence-corrected chi connectivity index (χ0v) is 14.9. The van der Waals surface area contributed by atoms with E-state index in [-0.39, 0.29) is 23.5 Å². The van der Waals surface area contributed by atoms with Gasteiger partial charge in [0.15, 0.2) is 0 Å². The van der Waals surface area contributed by atoms with Gasteiger partial charge in [-0.2, -0.15) is 0 Å². The molecule has 5 nitrogen and oxygen atoms in total. The predicted octanol–water partition coefficient (Wildman–Crippen LogP) is 2.01. The molecule has 0 bridgehead atoms. The summed E-state index contributed by atoms with van der Waals surface area (Å²) in [6.07, 6.45) is 5.59. The second-order valence-electron chi connectivity index (χ2n) is 7.92. The van der Waals surface area contributed by atoms with Crippen LogP contribution in [0.1, 0.15) is 50.0 Å². The topological polar surface area (TPSA) is 67.6 Å². The number of carbonyl (C=O) groups excluding carboxylic acids is 1. The number of ether oxygens (including phenoxy) is 1. The van der Waals surface area contributed by atoms with E-state index in [1.807, 2.05) is 11.0 Å². The van der Waals surface area contributed by atoms with Crippen LogP contribution in [-0.4, -0.2) is 48.6 Å². The average Bonchev–Trinajstić information content (AvgIpc) is 2.62. The van der Waals surface area contributed by atoms with Crippen LogP contribution < -0.4 is 15.8 Å². The molecule has 1 aromatic rings. The van der Waals surface area contributed by atoms with Crippen LogP contribution in [0.3, 0.4) is 0 Å². The molecular weight excluding hydrogens is 314 g/mol. The molecule has 2 fully saturated rings. The molecule has 2 saturated heterocycles. The van der Waals surface area contributed by atoms with Gasteiger partial charge in [-0.15, -0.1) is 0 Å². The maximum atomic E-state index is 12.9. The van der Waals surface area contributed by atoms with Gasteiger partial charge in [0.05, 0.1) is 0 Å². The number of rotatable bonds is 2. The summed E-state index contributed by atoms with van der Waals surface area (Å²) in [7, 11) is 0.